The molecule has 4 rings (SSSR count). The second kappa shape index (κ2) is 7.44. The molecule has 0 unspecified atom stereocenters. The Balaban J connectivity index is 1.16. The van der Waals surface area contributed by atoms with Crippen molar-refractivity contribution in [1.29, 1.82) is 0 Å². The van der Waals surface area contributed by atoms with Crippen molar-refractivity contribution in [3.8, 4) is 0 Å². The van der Waals surface area contributed by atoms with Crippen LogP contribution >= 0.6 is 0 Å². The third kappa shape index (κ3) is 4.13. The predicted octanol–water partition coefficient (Wildman–Crippen LogP) is 3.06. The van der Waals surface area contributed by atoms with Gasteiger partial charge in [-0.15, -0.1) is 0 Å². The molecule has 4 heteroatoms. The molecule has 1 amide bonds. The van der Waals surface area contributed by atoms with Crippen molar-refractivity contribution in [1.82, 2.24) is 10.2 Å². The Morgan fingerprint density at radius 3 is 2.88 bits per heavy atom. The summed E-state index contributed by atoms with van der Waals surface area (Å²) in [5, 5.41) is 3.17. The standard InChI is InChI=1S/C21H26N2O2/c24-21(19-13-18(19)20-7-4-12-25-20)22-14-17-9-11-23(15-17)10-8-16-5-2-1-3-6-16/h1-7,12,17-19H,8-11,13-15H2,(H,22,24)/t17-,18-,19+/m0/s1. The summed E-state index contributed by atoms with van der Waals surface area (Å²) in [6, 6.07) is 14.5. The number of hydrogen-bond acceptors (Lipinski definition) is 3. The largest absolute Gasteiger partial charge is 0.469 e. The summed E-state index contributed by atoms with van der Waals surface area (Å²) in [6.45, 7) is 4.16. The summed E-state index contributed by atoms with van der Waals surface area (Å²) in [4.78, 5) is 14.8. The van der Waals surface area contributed by atoms with Crippen molar-refractivity contribution in [2.45, 2.75) is 25.2 Å². The molecular formula is C21H26N2O2. The van der Waals surface area contributed by atoms with Gasteiger partial charge in [-0.25, -0.2) is 0 Å². The number of benzene rings is 1. The highest BCUT2D eigenvalue weighted by atomic mass is 16.3. The van der Waals surface area contributed by atoms with Crippen LogP contribution in [0, 0.1) is 11.8 Å². The Morgan fingerprint density at radius 2 is 2.08 bits per heavy atom. The first kappa shape index (κ1) is 16.4. The topological polar surface area (TPSA) is 45.5 Å². The van der Waals surface area contributed by atoms with E-state index in [0.29, 0.717) is 11.8 Å². The van der Waals surface area contributed by atoms with Crippen LogP contribution in [0.15, 0.2) is 53.1 Å². The molecule has 1 aromatic carbocycles. The number of carbonyl (C=O) groups is 1. The summed E-state index contributed by atoms with van der Waals surface area (Å²) >= 11 is 0. The Labute approximate surface area is 149 Å². The minimum atomic E-state index is 0.113. The Hall–Kier alpha value is -2.07. The normalized spacial score (nSPS) is 25.8. The zero-order valence-electron chi connectivity index (χ0n) is 14.6. The van der Waals surface area contributed by atoms with Gasteiger partial charge in [0.1, 0.15) is 5.76 Å². The molecule has 0 spiro atoms. The van der Waals surface area contributed by atoms with Crippen LogP contribution < -0.4 is 5.32 Å². The van der Waals surface area contributed by atoms with Gasteiger partial charge in [-0.05, 0) is 49.4 Å². The maximum Gasteiger partial charge on any atom is 0.223 e. The van der Waals surface area contributed by atoms with E-state index in [1.807, 2.05) is 12.1 Å². The van der Waals surface area contributed by atoms with Crippen LogP contribution in [0.2, 0.25) is 0 Å². The number of furan rings is 1. The summed E-state index contributed by atoms with van der Waals surface area (Å²) < 4.78 is 5.41. The van der Waals surface area contributed by atoms with Gasteiger partial charge in [-0.2, -0.15) is 0 Å². The molecule has 2 aliphatic rings. The van der Waals surface area contributed by atoms with E-state index < -0.39 is 0 Å². The molecule has 4 nitrogen and oxygen atoms in total. The molecule has 1 saturated carbocycles. The third-order valence-electron chi connectivity index (χ3n) is 5.53. The second-order valence-corrected chi connectivity index (χ2v) is 7.40. The van der Waals surface area contributed by atoms with E-state index in [9.17, 15) is 4.79 Å². The third-order valence-corrected chi connectivity index (χ3v) is 5.53. The van der Waals surface area contributed by atoms with Gasteiger partial charge in [0, 0.05) is 31.5 Å². The number of amides is 1. The van der Waals surface area contributed by atoms with Crippen LogP contribution in [0.5, 0.6) is 0 Å². The van der Waals surface area contributed by atoms with E-state index >= 15 is 0 Å². The minimum absolute atomic E-state index is 0.113. The van der Waals surface area contributed by atoms with Crippen molar-refractivity contribution in [2.75, 3.05) is 26.2 Å². The molecule has 0 bridgehead atoms. The fourth-order valence-electron chi connectivity index (χ4n) is 3.89. The summed E-state index contributed by atoms with van der Waals surface area (Å²) in [7, 11) is 0. The average molecular weight is 338 g/mol. The average Bonchev–Trinajstić information content (AvgIpc) is 3.06. The maximum atomic E-state index is 12.3. The zero-order chi connectivity index (χ0) is 17.1. The summed E-state index contributed by atoms with van der Waals surface area (Å²) in [5.41, 5.74) is 1.40. The van der Waals surface area contributed by atoms with Gasteiger partial charge in [0.15, 0.2) is 0 Å². The zero-order valence-corrected chi connectivity index (χ0v) is 14.6. The van der Waals surface area contributed by atoms with Crippen LogP contribution in [-0.4, -0.2) is 37.0 Å². The van der Waals surface area contributed by atoms with Gasteiger partial charge in [0.05, 0.1) is 6.26 Å². The molecule has 2 aromatic rings. The smallest absolute Gasteiger partial charge is 0.223 e. The molecule has 2 fully saturated rings. The number of carbonyl (C=O) groups excluding carboxylic acids is 1. The van der Waals surface area contributed by atoms with Gasteiger partial charge < -0.3 is 14.6 Å². The van der Waals surface area contributed by atoms with Crippen molar-refractivity contribution >= 4 is 5.91 Å². The lowest BCUT2D eigenvalue weighted by molar-refractivity contribution is -0.122. The highest BCUT2D eigenvalue weighted by Gasteiger charge is 2.45. The summed E-state index contributed by atoms with van der Waals surface area (Å²) in [5.74, 6) is 2.14. The van der Waals surface area contributed by atoms with Crippen LogP contribution in [0.1, 0.15) is 30.1 Å². The first-order chi connectivity index (χ1) is 12.3. The van der Waals surface area contributed by atoms with Crippen LogP contribution in [0.4, 0.5) is 0 Å². The highest BCUT2D eigenvalue weighted by molar-refractivity contribution is 5.82. The van der Waals surface area contributed by atoms with Gasteiger partial charge in [0.2, 0.25) is 5.91 Å². The number of nitrogens with one attached hydrogen (secondary N) is 1. The number of hydrogen-bond donors (Lipinski definition) is 1. The predicted molar refractivity (Wildman–Crippen MR) is 97.3 cm³/mol. The van der Waals surface area contributed by atoms with E-state index in [1.165, 1.54) is 12.0 Å². The fourth-order valence-corrected chi connectivity index (χ4v) is 3.89. The fraction of sp³-hybridized carbons (Fsp3) is 0.476. The summed E-state index contributed by atoms with van der Waals surface area (Å²) in [6.07, 6.45) is 4.90. The van der Waals surface area contributed by atoms with E-state index in [-0.39, 0.29) is 11.8 Å². The Morgan fingerprint density at radius 1 is 1.20 bits per heavy atom. The van der Waals surface area contributed by atoms with E-state index in [2.05, 4.69) is 40.5 Å². The van der Waals surface area contributed by atoms with E-state index in [1.54, 1.807) is 6.26 Å². The first-order valence-corrected chi connectivity index (χ1v) is 9.37. The van der Waals surface area contributed by atoms with Gasteiger partial charge >= 0.3 is 0 Å². The molecule has 1 aliphatic carbocycles. The first-order valence-electron chi connectivity index (χ1n) is 9.37. The second-order valence-electron chi connectivity index (χ2n) is 7.40. The highest BCUT2D eigenvalue weighted by Crippen LogP contribution is 2.47. The van der Waals surface area contributed by atoms with Crippen molar-refractivity contribution in [2.24, 2.45) is 11.8 Å². The Bertz CT molecular complexity index is 683. The van der Waals surface area contributed by atoms with Gasteiger partial charge in [-0.1, -0.05) is 30.3 Å². The molecule has 2 heterocycles. The van der Waals surface area contributed by atoms with Crippen LogP contribution in [-0.2, 0) is 11.2 Å². The van der Waals surface area contributed by atoms with Gasteiger partial charge in [0.25, 0.3) is 0 Å². The minimum Gasteiger partial charge on any atom is -0.469 e. The molecule has 3 atom stereocenters. The lowest BCUT2D eigenvalue weighted by Crippen LogP contribution is -2.32. The molecule has 0 radical (unpaired) electrons. The molecule has 1 saturated heterocycles. The lowest BCUT2D eigenvalue weighted by Gasteiger charge is -2.16. The monoisotopic (exact) mass is 338 g/mol. The van der Waals surface area contributed by atoms with E-state index in [0.717, 1.165) is 44.8 Å². The SMILES string of the molecule is O=C(NC[C@@H]1CCN(CCc2ccccc2)C1)[C@@H]1C[C@@H]1c1ccco1. The lowest BCUT2D eigenvalue weighted by atomic mass is 10.1. The molecular weight excluding hydrogens is 312 g/mol. The van der Waals surface area contributed by atoms with Crippen LogP contribution in [0.25, 0.3) is 0 Å². The maximum absolute atomic E-state index is 12.3. The molecule has 132 valence electrons. The van der Waals surface area contributed by atoms with Gasteiger partial charge in [-0.3, -0.25) is 4.79 Å². The van der Waals surface area contributed by atoms with Crippen molar-refractivity contribution in [3.05, 3.63) is 60.1 Å². The number of rotatable bonds is 7. The Kier molecular flexibility index (Phi) is 4.88. The molecule has 1 aliphatic heterocycles. The molecule has 1 aromatic heterocycles. The molecule has 25 heavy (non-hydrogen) atoms. The number of nitrogens with zero attached hydrogens (tertiary/aromatic N) is 1. The van der Waals surface area contributed by atoms with Crippen molar-refractivity contribution < 1.29 is 9.21 Å². The van der Waals surface area contributed by atoms with Crippen LogP contribution in [0.3, 0.4) is 0 Å². The quantitative estimate of drug-likeness (QED) is 0.844. The molecule has 1 N–H and O–H groups in total. The van der Waals surface area contributed by atoms with E-state index in [4.69, 9.17) is 4.42 Å². The van der Waals surface area contributed by atoms with Crippen molar-refractivity contribution in [3.63, 3.8) is 0 Å². The number of likely N-dealkylation sites (tertiary alicyclic amines) is 1.